The zero-order valence-electron chi connectivity index (χ0n) is 10.3. The average Bonchev–Trinajstić information content (AvgIpc) is 2.33. The predicted molar refractivity (Wildman–Crippen MR) is 67.0 cm³/mol. The second-order valence-electron chi connectivity index (χ2n) is 4.71. The molecule has 2 rings (SSSR count). The summed E-state index contributed by atoms with van der Waals surface area (Å²) in [5.74, 6) is 1.77. The summed E-state index contributed by atoms with van der Waals surface area (Å²) in [7, 11) is 1.73. The number of aryl methyl sites for hydroxylation is 1. The van der Waals surface area contributed by atoms with E-state index in [4.69, 9.17) is 4.74 Å². The van der Waals surface area contributed by atoms with E-state index in [0.29, 0.717) is 0 Å². The molecule has 88 valence electrons. The van der Waals surface area contributed by atoms with E-state index in [0.717, 1.165) is 18.2 Å². The fraction of sp³-hybridized carbons (Fsp3) is 0.571. The largest absolute Gasteiger partial charge is 0.497 e. The Morgan fingerprint density at radius 1 is 1.44 bits per heavy atom. The molecule has 2 nitrogen and oxygen atoms in total. The van der Waals surface area contributed by atoms with E-state index in [1.165, 1.54) is 36.9 Å². The van der Waals surface area contributed by atoms with Crippen molar-refractivity contribution in [1.29, 1.82) is 0 Å². The molecule has 2 heteroatoms. The van der Waals surface area contributed by atoms with Crippen LogP contribution >= 0.6 is 0 Å². The number of nitrogens with one attached hydrogen (secondary N) is 1. The summed E-state index contributed by atoms with van der Waals surface area (Å²) in [4.78, 5) is 0. The van der Waals surface area contributed by atoms with Crippen molar-refractivity contribution in [3.05, 3.63) is 29.3 Å². The third-order valence-electron chi connectivity index (χ3n) is 3.46. The molecule has 1 atom stereocenters. The summed E-state index contributed by atoms with van der Waals surface area (Å²) in [6, 6.07) is 6.38. The molecule has 0 saturated carbocycles. The molecule has 0 aliphatic carbocycles. The third-order valence-corrected chi connectivity index (χ3v) is 3.46. The minimum atomic E-state index is 0.791. The van der Waals surface area contributed by atoms with Gasteiger partial charge in [-0.25, -0.2) is 0 Å². The topological polar surface area (TPSA) is 21.3 Å². The summed E-state index contributed by atoms with van der Waals surface area (Å²) < 4.78 is 5.28. The van der Waals surface area contributed by atoms with Crippen LogP contribution in [0.25, 0.3) is 0 Å². The molecule has 1 saturated heterocycles. The Morgan fingerprint density at radius 3 is 3.00 bits per heavy atom. The lowest BCUT2D eigenvalue weighted by Gasteiger charge is -2.23. The lowest BCUT2D eigenvalue weighted by molar-refractivity contribution is 0.374. The highest BCUT2D eigenvalue weighted by atomic mass is 16.5. The van der Waals surface area contributed by atoms with Crippen molar-refractivity contribution < 1.29 is 4.74 Å². The Kier molecular flexibility index (Phi) is 3.83. The van der Waals surface area contributed by atoms with Gasteiger partial charge in [0.05, 0.1) is 7.11 Å². The molecule has 0 aromatic heterocycles. The molecule has 1 N–H and O–H groups in total. The van der Waals surface area contributed by atoms with Crippen molar-refractivity contribution in [1.82, 2.24) is 5.32 Å². The van der Waals surface area contributed by atoms with Gasteiger partial charge in [0, 0.05) is 0 Å². The van der Waals surface area contributed by atoms with E-state index in [1.807, 2.05) is 6.07 Å². The Morgan fingerprint density at radius 2 is 2.31 bits per heavy atom. The van der Waals surface area contributed by atoms with Crippen LogP contribution in [0.5, 0.6) is 5.75 Å². The number of benzene rings is 1. The van der Waals surface area contributed by atoms with E-state index in [1.54, 1.807) is 7.11 Å². The third kappa shape index (κ3) is 2.76. The molecular formula is C14H21NO. The second kappa shape index (κ2) is 5.35. The maximum atomic E-state index is 5.28. The monoisotopic (exact) mass is 219 g/mol. The second-order valence-corrected chi connectivity index (χ2v) is 4.71. The van der Waals surface area contributed by atoms with Gasteiger partial charge >= 0.3 is 0 Å². The van der Waals surface area contributed by atoms with Gasteiger partial charge in [0.15, 0.2) is 0 Å². The number of hydrogen-bond acceptors (Lipinski definition) is 2. The lowest BCUT2D eigenvalue weighted by Crippen LogP contribution is -2.30. The molecular weight excluding hydrogens is 198 g/mol. The van der Waals surface area contributed by atoms with Gasteiger partial charge in [0.2, 0.25) is 0 Å². The van der Waals surface area contributed by atoms with Crippen molar-refractivity contribution in [2.75, 3.05) is 20.2 Å². The molecule has 1 unspecified atom stereocenters. The number of rotatable bonds is 3. The molecule has 1 aromatic carbocycles. The molecule has 0 amide bonds. The maximum absolute atomic E-state index is 5.28. The van der Waals surface area contributed by atoms with Gasteiger partial charge in [-0.3, -0.25) is 0 Å². The molecule has 16 heavy (non-hydrogen) atoms. The summed E-state index contributed by atoms with van der Waals surface area (Å²) in [6.07, 6.45) is 3.84. The summed E-state index contributed by atoms with van der Waals surface area (Å²) >= 11 is 0. The zero-order valence-corrected chi connectivity index (χ0v) is 10.3. The Balaban J connectivity index is 2.06. The highest BCUT2D eigenvalue weighted by Crippen LogP contribution is 2.22. The normalized spacial score (nSPS) is 20.8. The Bertz CT molecular complexity index is 343. The molecule has 0 radical (unpaired) electrons. The maximum Gasteiger partial charge on any atom is 0.119 e. The number of piperidine rings is 1. The predicted octanol–water partition coefficient (Wildman–Crippen LogP) is 2.55. The van der Waals surface area contributed by atoms with Crippen LogP contribution in [-0.4, -0.2) is 20.2 Å². The fourth-order valence-corrected chi connectivity index (χ4v) is 2.40. The lowest BCUT2D eigenvalue weighted by atomic mass is 9.90. The van der Waals surface area contributed by atoms with Crippen LogP contribution in [0.3, 0.4) is 0 Å². The quantitative estimate of drug-likeness (QED) is 0.843. The molecule has 1 aliphatic rings. The van der Waals surface area contributed by atoms with Gasteiger partial charge in [-0.2, -0.15) is 0 Å². The van der Waals surface area contributed by atoms with E-state index in [-0.39, 0.29) is 0 Å². The van der Waals surface area contributed by atoms with E-state index < -0.39 is 0 Å². The minimum Gasteiger partial charge on any atom is -0.497 e. The van der Waals surface area contributed by atoms with Crippen LogP contribution in [0, 0.1) is 12.8 Å². The van der Waals surface area contributed by atoms with Gasteiger partial charge in [-0.1, -0.05) is 6.07 Å². The van der Waals surface area contributed by atoms with Crippen LogP contribution in [0.4, 0.5) is 0 Å². The smallest absolute Gasteiger partial charge is 0.119 e. The fourth-order valence-electron chi connectivity index (χ4n) is 2.40. The highest BCUT2D eigenvalue weighted by Gasteiger charge is 2.14. The van der Waals surface area contributed by atoms with Crippen molar-refractivity contribution in [2.24, 2.45) is 5.92 Å². The van der Waals surface area contributed by atoms with Gasteiger partial charge < -0.3 is 10.1 Å². The van der Waals surface area contributed by atoms with E-state index in [9.17, 15) is 0 Å². The van der Waals surface area contributed by atoms with Crippen molar-refractivity contribution in [2.45, 2.75) is 26.2 Å². The molecule has 1 aromatic rings. The first kappa shape index (κ1) is 11.5. The minimum absolute atomic E-state index is 0.791. The first-order chi connectivity index (χ1) is 7.79. The molecule has 0 bridgehead atoms. The van der Waals surface area contributed by atoms with Gasteiger partial charge in [-0.15, -0.1) is 0 Å². The van der Waals surface area contributed by atoms with Crippen LogP contribution < -0.4 is 10.1 Å². The van der Waals surface area contributed by atoms with Crippen LogP contribution in [0.2, 0.25) is 0 Å². The first-order valence-electron chi connectivity index (χ1n) is 6.14. The molecule has 1 fully saturated rings. The van der Waals surface area contributed by atoms with Crippen LogP contribution in [0.15, 0.2) is 18.2 Å². The average molecular weight is 219 g/mol. The zero-order chi connectivity index (χ0) is 11.4. The molecule has 0 spiro atoms. The molecule has 1 aliphatic heterocycles. The van der Waals surface area contributed by atoms with Crippen molar-refractivity contribution in [3.63, 3.8) is 0 Å². The SMILES string of the molecule is COc1ccc(C)c(CC2CCCNC2)c1. The van der Waals surface area contributed by atoms with Crippen molar-refractivity contribution in [3.8, 4) is 5.75 Å². The first-order valence-corrected chi connectivity index (χ1v) is 6.14. The number of methoxy groups -OCH3 is 1. The Hall–Kier alpha value is -1.02. The summed E-state index contributed by atoms with van der Waals surface area (Å²) in [5.41, 5.74) is 2.82. The summed E-state index contributed by atoms with van der Waals surface area (Å²) in [5, 5.41) is 3.47. The van der Waals surface area contributed by atoms with Crippen molar-refractivity contribution >= 4 is 0 Å². The van der Waals surface area contributed by atoms with Gasteiger partial charge in [0.1, 0.15) is 5.75 Å². The standard InChI is InChI=1S/C14H21NO/c1-11-5-6-14(16-2)9-13(11)8-12-4-3-7-15-10-12/h5-6,9,12,15H,3-4,7-8,10H2,1-2H3. The van der Waals surface area contributed by atoms with E-state index in [2.05, 4.69) is 24.4 Å². The summed E-state index contributed by atoms with van der Waals surface area (Å²) in [6.45, 7) is 4.54. The number of hydrogen-bond donors (Lipinski definition) is 1. The molecule has 1 heterocycles. The Labute approximate surface area is 98.0 Å². The number of ether oxygens (including phenoxy) is 1. The highest BCUT2D eigenvalue weighted by molar-refractivity contribution is 5.35. The van der Waals surface area contributed by atoms with Crippen LogP contribution in [0.1, 0.15) is 24.0 Å². The van der Waals surface area contributed by atoms with E-state index >= 15 is 0 Å². The van der Waals surface area contributed by atoms with Gasteiger partial charge in [-0.05, 0) is 68.5 Å². The van der Waals surface area contributed by atoms with Crippen LogP contribution in [-0.2, 0) is 6.42 Å². The van der Waals surface area contributed by atoms with Gasteiger partial charge in [0.25, 0.3) is 0 Å².